The van der Waals surface area contributed by atoms with Crippen molar-refractivity contribution in [1.82, 2.24) is 15.1 Å². The van der Waals surface area contributed by atoms with Gasteiger partial charge in [-0.05, 0) is 30.5 Å². The Morgan fingerprint density at radius 2 is 1.93 bits per heavy atom. The maximum absolute atomic E-state index is 12.7. The van der Waals surface area contributed by atoms with E-state index in [9.17, 15) is 9.59 Å². The fraction of sp³-hybridized carbons (Fsp3) is 0.450. The Balaban J connectivity index is 1.62. The minimum absolute atomic E-state index is 0.00304. The predicted molar refractivity (Wildman–Crippen MR) is 106 cm³/mol. The second kappa shape index (κ2) is 8.77. The molecule has 1 amide bonds. The third-order valence-corrected chi connectivity index (χ3v) is 4.99. The van der Waals surface area contributed by atoms with Crippen molar-refractivity contribution in [2.24, 2.45) is 13.0 Å². The minimum atomic E-state index is -0.156. The molecule has 1 aliphatic rings. The van der Waals surface area contributed by atoms with Gasteiger partial charge in [-0.2, -0.15) is 5.10 Å². The van der Waals surface area contributed by atoms with Crippen molar-refractivity contribution in [3.63, 3.8) is 0 Å². The largest absolute Gasteiger partial charge is 0.497 e. The molecule has 28 heavy (non-hydrogen) atoms. The fourth-order valence-electron chi connectivity index (χ4n) is 3.36. The van der Waals surface area contributed by atoms with Crippen molar-refractivity contribution in [2.75, 3.05) is 32.2 Å². The minimum Gasteiger partial charge on any atom is -0.497 e. The molecule has 8 nitrogen and oxygen atoms in total. The van der Waals surface area contributed by atoms with Gasteiger partial charge in [-0.3, -0.25) is 9.59 Å². The Hall–Kier alpha value is -3.03. The predicted octanol–water partition coefficient (Wildman–Crippen LogP) is 1.33. The number of nitrogens with one attached hydrogen (secondary N) is 1. The molecule has 0 unspecified atom stereocenters. The zero-order chi connectivity index (χ0) is 20.1. The molecule has 8 heteroatoms. The van der Waals surface area contributed by atoms with E-state index in [1.54, 1.807) is 39.6 Å². The quantitative estimate of drug-likeness (QED) is 0.806. The number of benzene rings is 1. The molecule has 1 saturated heterocycles. The van der Waals surface area contributed by atoms with Crippen LogP contribution >= 0.6 is 0 Å². The molecule has 2 aromatic rings. The summed E-state index contributed by atoms with van der Waals surface area (Å²) in [7, 11) is 4.81. The molecular formula is C20H26N4O4. The Bertz CT molecular complexity index is 874. The smallest absolute Gasteiger partial charge is 0.268 e. The van der Waals surface area contributed by atoms with Crippen molar-refractivity contribution >= 4 is 11.6 Å². The van der Waals surface area contributed by atoms with Gasteiger partial charge in [0.05, 0.1) is 32.0 Å². The van der Waals surface area contributed by atoms with E-state index >= 15 is 0 Å². The monoisotopic (exact) mass is 386 g/mol. The van der Waals surface area contributed by atoms with Gasteiger partial charge in [-0.15, -0.1) is 0 Å². The number of piperidine rings is 1. The summed E-state index contributed by atoms with van der Waals surface area (Å²) in [5.41, 5.74) is 1.52. The van der Waals surface area contributed by atoms with E-state index in [2.05, 4.69) is 15.3 Å². The van der Waals surface area contributed by atoms with Gasteiger partial charge in [0, 0.05) is 38.8 Å². The third-order valence-electron chi connectivity index (χ3n) is 4.99. The van der Waals surface area contributed by atoms with Crippen LogP contribution in [0, 0.1) is 5.92 Å². The van der Waals surface area contributed by atoms with E-state index in [0.717, 1.165) is 30.6 Å². The average molecular weight is 386 g/mol. The number of nitrogens with zero attached hydrogens (tertiary/aromatic N) is 3. The molecule has 1 aromatic heterocycles. The number of ether oxygens (including phenoxy) is 2. The van der Waals surface area contributed by atoms with Crippen molar-refractivity contribution in [2.45, 2.75) is 19.4 Å². The van der Waals surface area contributed by atoms with Crippen molar-refractivity contribution in [1.29, 1.82) is 0 Å². The van der Waals surface area contributed by atoms with Gasteiger partial charge >= 0.3 is 0 Å². The normalized spacial score (nSPS) is 16.5. The molecule has 0 bridgehead atoms. The van der Waals surface area contributed by atoms with Gasteiger partial charge in [0.2, 0.25) is 5.91 Å². The average Bonchev–Trinajstić information content (AvgIpc) is 2.73. The lowest BCUT2D eigenvalue weighted by atomic mass is 9.96. The molecule has 0 spiro atoms. The molecule has 1 atom stereocenters. The first-order valence-electron chi connectivity index (χ1n) is 9.28. The number of amides is 1. The summed E-state index contributed by atoms with van der Waals surface area (Å²) in [5.74, 6) is 1.24. The second-order valence-electron chi connectivity index (χ2n) is 6.90. The van der Waals surface area contributed by atoms with Gasteiger partial charge in [-0.1, -0.05) is 0 Å². The molecule has 150 valence electrons. The van der Waals surface area contributed by atoms with Crippen LogP contribution in [0.25, 0.3) is 0 Å². The molecule has 1 fully saturated rings. The van der Waals surface area contributed by atoms with Crippen molar-refractivity contribution in [3.05, 3.63) is 46.4 Å². The summed E-state index contributed by atoms with van der Waals surface area (Å²) in [6, 6.07) is 7.11. The van der Waals surface area contributed by atoms with Gasteiger partial charge in [0.1, 0.15) is 11.5 Å². The van der Waals surface area contributed by atoms with E-state index in [1.165, 1.54) is 4.68 Å². The first-order valence-corrected chi connectivity index (χ1v) is 9.28. The number of aryl methyl sites for hydroxylation is 1. The van der Waals surface area contributed by atoms with E-state index in [1.807, 2.05) is 12.1 Å². The van der Waals surface area contributed by atoms with Crippen LogP contribution in [-0.4, -0.2) is 43.0 Å². The summed E-state index contributed by atoms with van der Waals surface area (Å²) in [6.07, 6.45) is 3.38. The number of rotatable bonds is 6. The van der Waals surface area contributed by atoms with Crippen molar-refractivity contribution < 1.29 is 14.3 Å². The summed E-state index contributed by atoms with van der Waals surface area (Å²) in [4.78, 5) is 26.6. The van der Waals surface area contributed by atoms with Gasteiger partial charge < -0.3 is 19.7 Å². The summed E-state index contributed by atoms with van der Waals surface area (Å²) < 4.78 is 11.8. The highest BCUT2D eigenvalue weighted by molar-refractivity contribution is 5.79. The molecule has 0 radical (unpaired) electrons. The van der Waals surface area contributed by atoms with E-state index < -0.39 is 0 Å². The molecular weight excluding hydrogens is 360 g/mol. The Morgan fingerprint density at radius 1 is 1.21 bits per heavy atom. The van der Waals surface area contributed by atoms with Crippen LogP contribution in [0.3, 0.4) is 0 Å². The topological polar surface area (TPSA) is 85.7 Å². The summed E-state index contributed by atoms with van der Waals surface area (Å²) in [5, 5.41) is 7.08. The number of carbonyl (C=O) groups is 1. The Kier molecular flexibility index (Phi) is 6.18. The maximum Gasteiger partial charge on any atom is 0.268 e. The summed E-state index contributed by atoms with van der Waals surface area (Å²) in [6.45, 7) is 1.78. The zero-order valence-electron chi connectivity index (χ0n) is 16.5. The van der Waals surface area contributed by atoms with Crippen LogP contribution in [0.1, 0.15) is 18.4 Å². The van der Waals surface area contributed by atoms with Crippen LogP contribution in [0.4, 0.5) is 5.69 Å². The molecule has 2 heterocycles. The van der Waals surface area contributed by atoms with E-state index in [-0.39, 0.29) is 17.4 Å². The number of carbonyl (C=O) groups excluding carboxylic acids is 1. The first-order chi connectivity index (χ1) is 13.5. The molecule has 0 aliphatic carbocycles. The molecule has 3 rings (SSSR count). The van der Waals surface area contributed by atoms with Crippen LogP contribution in [0.5, 0.6) is 11.5 Å². The van der Waals surface area contributed by atoms with Crippen LogP contribution in [0.15, 0.2) is 35.3 Å². The number of hydrogen-bond donors (Lipinski definition) is 1. The number of methoxy groups -OCH3 is 2. The lowest BCUT2D eigenvalue weighted by Gasteiger charge is -2.33. The SMILES string of the molecule is COc1cc(CNC(=O)[C@@H]2CCCN(c3cnn(C)c(=O)c3)C2)cc(OC)c1. The van der Waals surface area contributed by atoms with Gasteiger partial charge in [0.15, 0.2) is 0 Å². The second-order valence-corrected chi connectivity index (χ2v) is 6.90. The molecule has 1 aromatic carbocycles. The van der Waals surface area contributed by atoms with Gasteiger partial charge in [-0.25, -0.2) is 4.68 Å². The Morgan fingerprint density at radius 3 is 2.57 bits per heavy atom. The fourth-order valence-corrected chi connectivity index (χ4v) is 3.36. The zero-order valence-corrected chi connectivity index (χ0v) is 16.5. The first kappa shape index (κ1) is 19.7. The highest BCUT2D eigenvalue weighted by Crippen LogP contribution is 2.24. The number of anilines is 1. The molecule has 1 N–H and O–H groups in total. The molecule has 1 aliphatic heterocycles. The number of aromatic nitrogens is 2. The van der Waals surface area contributed by atoms with E-state index in [4.69, 9.17) is 9.47 Å². The van der Waals surface area contributed by atoms with E-state index in [0.29, 0.717) is 24.6 Å². The molecule has 0 saturated carbocycles. The van der Waals surface area contributed by atoms with Gasteiger partial charge in [0.25, 0.3) is 5.56 Å². The lowest BCUT2D eigenvalue weighted by molar-refractivity contribution is -0.125. The number of hydrogen-bond acceptors (Lipinski definition) is 6. The standard InChI is InChI=1S/C20H26N4O4/c1-23-19(25)9-16(12-22-23)24-6-4-5-15(13-24)20(26)21-11-14-7-17(27-2)10-18(8-14)28-3/h7-10,12,15H,4-6,11,13H2,1-3H3,(H,21,26)/t15-/m1/s1. The van der Waals surface area contributed by atoms with Crippen LogP contribution < -0.4 is 25.2 Å². The maximum atomic E-state index is 12.7. The highest BCUT2D eigenvalue weighted by atomic mass is 16.5. The van der Waals surface area contributed by atoms with Crippen LogP contribution in [-0.2, 0) is 18.4 Å². The summed E-state index contributed by atoms with van der Waals surface area (Å²) >= 11 is 0. The third kappa shape index (κ3) is 4.62. The Labute approximate surface area is 164 Å². The lowest BCUT2D eigenvalue weighted by Crippen LogP contribution is -2.43. The van der Waals surface area contributed by atoms with Crippen LogP contribution in [0.2, 0.25) is 0 Å². The highest BCUT2D eigenvalue weighted by Gasteiger charge is 2.26. The van der Waals surface area contributed by atoms with Crippen molar-refractivity contribution in [3.8, 4) is 11.5 Å².